The van der Waals surface area contributed by atoms with Crippen LogP contribution in [-0.4, -0.2) is 30.3 Å². The summed E-state index contributed by atoms with van der Waals surface area (Å²) >= 11 is 0. The van der Waals surface area contributed by atoms with Crippen molar-refractivity contribution < 1.29 is 13.9 Å². The molecular formula is C21H18FN5O2. The van der Waals surface area contributed by atoms with Crippen LogP contribution in [-0.2, 0) is 12.8 Å². The van der Waals surface area contributed by atoms with Gasteiger partial charge in [0.2, 0.25) is 0 Å². The first-order valence-corrected chi connectivity index (χ1v) is 9.15. The van der Waals surface area contributed by atoms with E-state index < -0.39 is 5.82 Å². The molecular weight excluding hydrogens is 373 g/mol. The van der Waals surface area contributed by atoms with Gasteiger partial charge in [-0.15, -0.1) is 0 Å². The van der Waals surface area contributed by atoms with Crippen LogP contribution in [0.2, 0.25) is 0 Å². The first-order chi connectivity index (χ1) is 14.0. The zero-order valence-electron chi connectivity index (χ0n) is 16.0. The van der Waals surface area contributed by atoms with Gasteiger partial charge in [0.15, 0.2) is 11.4 Å². The molecule has 7 nitrogen and oxygen atoms in total. The number of Topliss-reactive ketones (excluding diaryl/α,β-unsaturated/α-hetero) is 1. The van der Waals surface area contributed by atoms with Gasteiger partial charge < -0.3 is 4.74 Å². The molecule has 0 saturated carbocycles. The van der Waals surface area contributed by atoms with Crippen LogP contribution in [0.4, 0.5) is 4.39 Å². The summed E-state index contributed by atoms with van der Waals surface area (Å²) in [7, 11) is 0. The number of fused-ring (bicyclic) bond motifs is 1. The number of hydrogen-bond donors (Lipinski definition) is 0. The molecule has 8 heteroatoms. The lowest BCUT2D eigenvalue weighted by atomic mass is 10.1. The van der Waals surface area contributed by atoms with Gasteiger partial charge in [0, 0.05) is 17.5 Å². The SMILES string of the molecule is CCc1cccc(CC(=O)c2cc(Oc3cncc(F)c3)cn3nc(C)nc23)n1. The molecule has 0 aliphatic carbocycles. The van der Waals surface area contributed by atoms with Gasteiger partial charge in [-0.2, -0.15) is 5.10 Å². The van der Waals surface area contributed by atoms with Crippen LogP contribution >= 0.6 is 0 Å². The van der Waals surface area contributed by atoms with Crippen LogP contribution in [0.5, 0.6) is 11.5 Å². The van der Waals surface area contributed by atoms with Gasteiger partial charge in [-0.1, -0.05) is 13.0 Å². The zero-order chi connectivity index (χ0) is 20.4. The minimum atomic E-state index is -0.515. The molecule has 0 saturated heterocycles. The maximum absolute atomic E-state index is 13.4. The van der Waals surface area contributed by atoms with Gasteiger partial charge in [-0.05, 0) is 31.5 Å². The van der Waals surface area contributed by atoms with Crippen molar-refractivity contribution in [3.05, 3.63) is 77.5 Å². The van der Waals surface area contributed by atoms with E-state index in [1.165, 1.54) is 16.8 Å². The van der Waals surface area contributed by atoms with Gasteiger partial charge in [0.1, 0.15) is 23.1 Å². The average molecular weight is 391 g/mol. The van der Waals surface area contributed by atoms with Gasteiger partial charge >= 0.3 is 0 Å². The number of hydrogen-bond acceptors (Lipinski definition) is 6. The normalized spacial score (nSPS) is 11.0. The van der Waals surface area contributed by atoms with Crippen molar-refractivity contribution in [1.29, 1.82) is 0 Å². The summed E-state index contributed by atoms with van der Waals surface area (Å²) in [5, 5.41) is 4.28. The lowest BCUT2D eigenvalue weighted by Crippen LogP contribution is -2.09. The highest BCUT2D eigenvalue weighted by atomic mass is 19.1. The fourth-order valence-corrected chi connectivity index (χ4v) is 3.00. The predicted octanol–water partition coefficient (Wildman–Crippen LogP) is 3.75. The number of ketones is 1. The molecule has 0 aromatic carbocycles. The molecule has 0 bridgehead atoms. The number of pyridine rings is 3. The second kappa shape index (κ2) is 7.75. The van der Waals surface area contributed by atoms with Gasteiger partial charge in [-0.3, -0.25) is 14.8 Å². The summed E-state index contributed by atoms with van der Waals surface area (Å²) in [5.41, 5.74) is 2.40. The Kier molecular flexibility index (Phi) is 4.99. The van der Waals surface area contributed by atoms with Crippen molar-refractivity contribution in [3.63, 3.8) is 0 Å². The van der Waals surface area contributed by atoms with Crippen molar-refractivity contribution in [3.8, 4) is 11.5 Å². The van der Waals surface area contributed by atoms with Crippen LogP contribution in [0.25, 0.3) is 5.65 Å². The fraction of sp³-hybridized carbons (Fsp3) is 0.190. The first kappa shape index (κ1) is 18.7. The van der Waals surface area contributed by atoms with E-state index >= 15 is 0 Å². The molecule has 146 valence electrons. The number of aromatic nitrogens is 5. The molecule has 0 radical (unpaired) electrons. The first-order valence-electron chi connectivity index (χ1n) is 9.15. The fourth-order valence-electron chi connectivity index (χ4n) is 3.00. The zero-order valence-corrected chi connectivity index (χ0v) is 16.0. The largest absolute Gasteiger partial charge is 0.454 e. The highest BCUT2D eigenvalue weighted by Gasteiger charge is 2.17. The minimum Gasteiger partial charge on any atom is -0.454 e. The van der Waals surface area contributed by atoms with E-state index in [0.717, 1.165) is 18.3 Å². The van der Waals surface area contributed by atoms with Crippen molar-refractivity contribution in [2.75, 3.05) is 0 Å². The summed E-state index contributed by atoms with van der Waals surface area (Å²) in [6.07, 6.45) is 4.98. The Morgan fingerprint density at radius 3 is 2.76 bits per heavy atom. The molecule has 0 atom stereocenters. The standard InChI is InChI=1S/C21H18FN5O2/c1-3-15-5-4-6-16(25-15)8-20(28)19-9-18(12-27-21(19)24-13(2)26-27)29-17-7-14(22)10-23-11-17/h4-7,9-12H,3,8H2,1-2H3. The molecule has 0 aliphatic rings. The Labute approximate surface area is 166 Å². The third-order valence-electron chi connectivity index (χ3n) is 4.30. The summed E-state index contributed by atoms with van der Waals surface area (Å²) in [6.45, 7) is 3.75. The van der Waals surface area contributed by atoms with E-state index in [0.29, 0.717) is 28.5 Å². The number of ether oxygens (including phenoxy) is 1. The molecule has 0 spiro atoms. The summed E-state index contributed by atoms with van der Waals surface area (Å²) < 4.78 is 20.6. The topological polar surface area (TPSA) is 82.3 Å². The molecule has 0 N–H and O–H groups in total. The lowest BCUT2D eigenvalue weighted by Gasteiger charge is -2.09. The van der Waals surface area contributed by atoms with E-state index in [1.807, 2.05) is 25.1 Å². The lowest BCUT2D eigenvalue weighted by molar-refractivity contribution is 0.0992. The molecule has 4 rings (SSSR count). The molecule has 0 amide bonds. The van der Waals surface area contributed by atoms with E-state index in [2.05, 4.69) is 20.1 Å². The second-order valence-corrected chi connectivity index (χ2v) is 6.53. The summed E-state index contributed by atoms with van der Waals surface area (Å²) in [6, 6.07) is 8.44. The van der Waals surface area contributed by atoms with Crippen LogP contribution in [0, 0.1) is 12.7 Å². The van der Waals surface area contributed by atoms with E-state index in [4.69, 9.17) is 4.74 Å². The molecule has 0 fully saturated rings. The predicted molar refractivity (Wildman–Crippen MR) is 104 cm³/mol. The van der Waals surface area contributed by atoms with E-state index in [-0.39, 0.29) is 18.0 Å². The maximum atomic E-state index is 13.4. The highest BCUT2D eigenvalue weighted by Crippen LogP contribution is 2.25. The average Bonchev–Trinajstić information content (AvgIpc) is 3.07. The third-order valence-corrected chi connectivity index (χ3v) is 4.30. The van der Waals surface area contributed by atoms with Crippen molar-refractivity contribution in [2.45, 2.75) is 26.7 Å². The van der Waals surface area contributed by atoms with E-state index in [9.17, 15) is 9.18 Å². The van der Waals surface area contributed by atoms with Crippen LogP contribution in [0.15, 0.2) is 48.9 Å². The number of halogens is 1. The maximum Gasteiger partial charge on any atom is 0.172 e. The Balaban J connectivity index is 1.70. The third kappa shape index (κ3) is 4.11. The Bertz CT molecular complexity index is 1200. The molecule has 4 aromatic heterocycles. The Morgan fingerprint density at radius 2 is 1.97 bits per heavy atom. The number of nitrogens with zero attached hydrogens (tertiary/aromatic N) is 5. The van der Waals surface area contributed by atoms with Crippen molar-refractivity contribution in [1.82, 2.24) is 24.6 Å². The quantitative estimate of drug-likeness (QED) is 0.466. The van der Waals surface area contributed by atoms with Crippen LogP contribution < -0.4 is 4.74 Å². The van der Waals surface area contributed by atoms with Gasteiger partial charge in [0.25, 0.3) is 0 Å². The number of rotatable bonds is 6. The Hall–Kier alpha value is -3.68. The molecule has 4 heterocycles. The van der Waals surface area contributed by atoms with Crippen molar-refractivity contribution in [2.24, 2.45) is 0 Å². The highest BCUT2D eigenvalue weighted by molar-refractivity contribution is 6.02. The number of carbonyl (C=O) groups is 1. The number of carbonyl (C=O) groups excluding carboxylic acids is 1. The number of aryl methyl sites for hydroxylation is 2. The Morgan fingerprint density at radius 1 is 1.14 bits per heavy atom. The van der Waals surface area contributed by atoms with Crippen molar-refractivity contribution >= 4 is 11.4 Å². The summed E-state index contributed by atoms with van der Waals surface area (Å²) in [4.78, 5) is 25.7. The second-order valence-electron chi connectivity index (χ2n) is 6.53. The summed E-state index contributed by atoms with van der Waals surface area (Å²) in [5.74, 6) is 0.393. The molecule has 4 aromatic rings. The molecule has 29 heavy (non-hydrogen) atoms. The minimum absolute atomic E-state index is 0.125. The smallest absolute Gasteiger partial charge is 0.172 e. The van der Waals surface area contributed by atoms with Gasteiger partial charge in [-0.25, -0.2) is 13.9 Å². The monoisotopic (exact) mass is 391 g/mol. The van der Waals surface area contributed by atoms with Gasteiger partial charge in [0.05, 0.1) is 30.6 Å². The van der Waals surface area contributed by atoms with Crippen LogP contribution in [0.1, 0.15) is 34.5 Å². The van der Waals surface area contributed by atoms with E-state index in [1.54, 1.807) is 19.2 Å². The van der Waals surface area contributed by atoms with Crippen LogP contribution in [0.3, 0.4) is 0 Å². The molecule has 0 aliphatic heterocycles. The molecule has 0 unspecified atom stereocenters.